The molecule has 0 saturated carbocycles. The average Bonchev–Trinajstić information content (AvgIpc) is 2.55. The number of carbonyl (C=O) groups excluding carboxylic acids is 1. The van der Waals surface area contributed by atoms with Crippen LogP contribution in [-0.2, 0) is 11.2 Å². The summed E-state index contributed by atoms with van der Waals surface area (Å²) in [6.07, 6.45) is 3.43. The van der Waals surface area contributed by atoms with Crippen molar-refractivity contribution in [2.24, 2.45) is 0 Å². The summed E-state index contributed by atoms with van der Waals surface area (Å²) in [4.78, 5) is 12.2. The number of anilines is 1. The Kier molecular flexibility index (Phi) is 5.04. The second kappa shape index (κ2) is 7.39. The van der Waals surface area contributed by atoms with Gasteiger partial charge in [-0.15, -0.1) is 0 Å². The summed E-state index contributed by atoms with van der Waals surface area (Å²) in [5.41, 5.74) is 10.2. The van der Waals surface area contributed by atoms with E-state index in [4.69, 9.17) is 10.5 Å². The number of hydrogen-bond acceptors (Lipinski definition) is 3. The summed E-state index contributed by atoms with van der Waals surface area (Å²) in [6.45, 7) is 2.41. The maximum absolute atomic E-state index is 12.2. The van der Waals surface area contributed by atoms with Crippen LogP contribution >= 0.6 is 0 Å². The van der Waals surface area contributed by atoms with Crippen molar-refractivity contribution in [1.29, 1.82) is 0 Å². The molecule has 2 aromatic carbocycles. The van der Waals surface area contributed by atoms with Crippen LogP contribution in [0.2, 0.25) is 0 Å². The molecular weight excluding hydrogens is 300 g/mol. The van der Waals surface area contributed by atoms with E-state index in [-0.39, 0.29) is 11.9 Å². The van der Waals surface area contributed by atoms with E-state index in [0.717, 1.165) is 36.3 Å². The van der Waals surface area contributed by atoms with Crippen LogP contribution in [-0.4, -0.2) is 12.5 Å². The molecule has 2 aromatic rings. The van der Waals surface area contributed by atoms with Crippen LogP contribution in [0.25, 0.3) is 0 Å². The van der Waals surface area contributed by atoms with E-state index in [9.17, 15) is 4.79 Å². The van der Waals surface area contributed by atoms with Crippen molar-refractivity contribution in [1.82, 2.24) is 5.32 Å². The fraction of sp³-hybridized carbons (Fsp3) is 0.350. The molecule has 24 heavy (non-hydrogen) atoms. The predicted molar refractivity (Wildman–Crippen MR) is 96.0 cm³/mol. The van der Waals surface area contributed by atoms with Gasteiger partial charge in [0.15, 0.2) is 0 Å². The number of carbonyl (C=O) groups is 1. The molecule has 0 fully saturated rings. The quantitative estimate of drug-likeness (QED) is 0.827. The topological polar surface area (TPSA) is 64.3 Å². The molecule has 4 heteroatoms. The first-order valence-corrected chi connectivity index (χ1v) is 8.49. The second-order valence-electron chi connectivity index (χ2n) is 6.39. The standard InChI is InChI=1S/C20H24N2O2/c1-14-4-2-6-17(12-14)24-11-10-20(23)22-19-7-3-5-15-13-16(21)8-9-18(15)19/h2,4,6,8-9,12-13,19H,3,5,7,10-11,21H2,1H3,(H,22,23). The largest absolute Gasteiger partial charge is 0.493 e. The molecule has 0 radical (unpaired) electrons. The number of nitrogens with one attached hydrogen (secondary N) is 1. The number of rotatable bonds is 5. The Balaban J connectivity index is 1.52. The van der Waals surface area contributed by atoms with E-state index < -0.39 is 0 Å². The molecule has 126 valence electrons. The zero-order chi connectivity index (χ0) is 16.9. The monoisotopic (exact) mass is 324 g/mol. The number of amides is 1. The van der Waals surface area contributed by atoms with E-state index in [1.165, 1.54) is 11.1 Å². The van der Waals surface area contributed by atoms with Gasteiger partial charge in [0.2, 0.25) is 5.91 Å². The highest BCUT2D eigenvalue weighted by molar-refractivity contribution is 5.76. The highest BCUT2D eigenvalue weighted by atomic mass is 16.5. The van der Waals surface area contributed by atoms with Gasteiger partial charge in [0.1, 0.15) is 5.75 Å². The van der Waals surface area contributed by atoms with E-state index in [1.807, 2.05) is 49.4 Å². The fourth-order valence-corrected chi connectivity index (χ4v) is 3.22. The summed E-state index contributed by atoms with van der Waals surface area (Å²) < 4.78 is 5.65. The van der Waals surface area contributed by atoms with Crippen molar-refractivity contribution < 1.29 is 9.53 Å². The second-order valence-corrected chi connectivity index (χ2v) is 6.39. The van der Waals surface area contributed by atoms with Gasteiger partial charge in [0.25, 0.3) is 0 Å². The minimum absolute atomic E-state index is 0.0253. The predicted octanol–water partition coefficient (Wildman–Crippen LogP) is 3.54. The van der Waals surface area contributed by atoms with Crippen LogP contribution in [0.15, 0.2) is 42.5 Å². The third-order valence-electron chi connectivity index (χ3n) is 4.40. The van der Waals surface area contributed by atoms with Gasteiger partial charge < -0.3 is 15.8 Å². The van der Waals surface area contributed by atoms with Crippen molar-refractivity contribution in [2.45, 2.75) is 38.6 Å². The number of nitrogens with two attached hydrogens (primary N) is 1. The van der Waals surface area contributed by atoms with Crippen LogP contribution in [0.1, 0.15) is 42.0 Å². The van der Waals surface area contributed by atoms with E-state index in [0.29, 0.717) is 13.0 Å². The molecular formula is C20H24N2O2. The summed E-state index contributed by atoms with van der Waals surface area (Å²) >= 11 is 0. The van der Waals surface area contributed by atoms with Gasteiger partial charge >= 0.3 is 0 Å². The van der Waals surface area contributed by atoms with Crippen molar-refractivity contribution in [3.8, 4) is 5.75 Å². The zero-order valence-corrected chi connectivity index (χ0v) is 14.0. The van der Waals surface area contributed by atoms with Gasteiger partial charge in [-0.05, 0) is 67.1 Å². The number of fused-ring (bicyclic) bond motifs is 1. The Morgan fingerprint density at radius 3 is 3.00 bits per heavy atom. The van der Waals surface area contributed by atoms with E-state index in [1.54, 1.807) is 0 Å². The van der Waals surface area contributed by atoms with Gasteiger partial charge in [-0.2, -0.15) is 0 Å². The summed E-state index contributed by atoms with van der Waals surface area (Å²) in [5.74, 6) is 0.832. The first kappa shape index (κ1) is 16.4. The lowest BCUT2D eigenvalue weighted by Gasteiger charge is -2.26. The molecule has 0 aliphatic heterocycles. The third-order valence-corrected chi connectivity index (χ3v) is 4.40. The molecule has 0 spiro atoms. The molecule has 1 atom stereocenters. The van der Waals surface area contributed by atoms with Crippen molar-refractivity contribution in [3.05, 3.63) is 59.2 Å². The van der Waals surface area contributed by atoms with Crippen LogP contribution in [0.4, 0.5) is 5.69 Å². The molecule has 1 aliphatic rings. The first-order chi connectivity index (χ1) is 11.6. The van der Waals surface area contributed by atoms with Gasteiger partial charge in [0.05, 0.1) is 19.1 Å². The van der Waals surface area contributed by atoms with Crippen LogP contribution in [0.5, 0.6) is 5.75 Å². The van der Waals surface area contributed by atoms with Gasteiger partial charge in [-0.3, -0.25) is 4.79 Å². The first-order valence-electron chi connectivity index (χ1n) is 8.49. The maximum Gasteiger partial charge on any atom is 0.223 e. The van der Waals surface area contributed by atoms with E-state index in [2.05, 4.69) is 5.32 Å². The minimum atomic E-state index is 0.0253. The van der Waals surface area contributed by atoms with Gasteiger partial charge in [-0.1, -0.05) is 18.2 Å². The molecule has 1 aliphatic carbocycles. The number of nitrogen functional groups attached to an aromatic ring is 1. The smallest absolute Gasteiger partial charge is 0.223 e. The van der Waals surface area contributed by atoms with Crippen molar-refractivity contribution >= 4 is 11.6 Å². The van der Waals surface area contributed by atoms with Gasteiger partial charge in [-0.25, -0.2) is 0 Å². The van der Waals surface area contributed by atoms with Crippen molar-refractivity contribution in [2.75, 3.05) is 12.3 Å². The highest BCUT2D eigenvalue weighted by Crippen LogP contribution is 2.31. The SMILES string of the molecule is Cc1cccc(OCCC(=O)NC2CCCc3cc(N)ccc32)c1. The summed E-state index contributed by atoms with van der Waals surface area (Å²) in [6, 6.07) is 13.9. The molecule has 0 aromatic heterocycles. The number of ether oxygens (including phenoxy) is 1. The Labute approximate surface area is 143 Å². The summed E-state index contributed by atoms with van der Waals surface area (Å²) in [7, 11) is 0. The lowest BCUT2D eigenvalue weighted by molar-refractivity contribution is -0.122. The lowest BCUT2D eigenvalue weighted by Crippen LogP contribution is -2.31. The number of benzene rings is 2. The Bertz CT molecular complexity index is 727. The van der Waals surface area contributed by atoms with Crippen LogP contribution < -0.4 is 15.8 Å². The van der Waals surface area contributed by atoms with Crippen molar-refractivity contribution in [3.63, 3.8) is 0 Å². The Morgan fingerprint density at radius 2 is 2.17 bits per heavy atom. The molecule has 4 nitrogen and oxygen atoms in total. The fourth-order valence-electron chi connectivity index (χ4n) is 3.22. The van der Waals surface area contributed by atoms with Gasteiger partial charge in [0, 0.05) is 5.69 Å². The third kappa shape index (κ3) is 4.07. The van der Waals surface area contributed by atoms with E-state index >= 15 is 0 Å². The summed E-state index contributed by atoms with van der Waals surface area (Å²) in [5, 5.41) is 3.13. The van der Waals surface area contributed by atoms with Crippen LogP contribution in [0.3, 0.4) is 0 Å². The number of aryl methyl sites for hydroxylation is 2. The number of hydrogen-bond donors (Lipinski definition) is 2. The Hall–Kier alpha value is -2.49. The maximum atomic E-state index is 12.2. The lowest BCUT2D eigenvalue weighted by atomic mass is 9.87. The molecule has 3 N–H and O–H groups in total. The molecule has 3 rings (SSSR count). The Morgan fingerprint density at radius 1 is 1.29 bits per heavy atom. The normalized spacial score (nSPS) is 16.3. The van der Waals surface area contributed by atoms with Crippen LogP contribution in [0, 0.1) is 6.92 Å². The molecule has 1 amide bonds. The average molecular weight is 324 g/mol. The molecule has 0 saturated heterocycles. The highest BCUT2D eigenvalue weighted by Gasteiger charge is 2.21. The zero-order valence-electron chi connectivity index (χ0n) is 14.0. The molecule has 0 heterocycles. The molecule has 0 bridgehead atoms. The molecule has 1 unspecified atom stereocenters. The minimum Gasteiger partial charge on any atom is -0.493 e.